The van der Waals surface area contributed by atoms with E-state index in [4.69, 9.17) is 0 Å². The van der Waals surface area contributed by atoms with E-state index >= 15 is 0 Å². The monoisotopic (exact) mass is 274 g/mol. The molecule has 0 aromatic heterocycles. The van der Waals surface area contributed by atoms with E-state index in [1.165, 1.54) is 70.6 Å². The second-order valence-electron chi connectivity index (χ2n) is 9.61. The minimum atomic E-state index is 0.102. The molecule has 4 bridgehead atoms. The quantitative estimate of drug-likeness (QED) is 0.682. The highest BCUT2D eigenvalue weighted by Crippen LogP contribution is 2.70. The van der Waals surface area contributed by atoms with Crippen LogP contribution in [0.4, 0.5) is 0 Å². The van der Waals surface area contributed by atoms with Crippen LogP contribution >= 0.6 is 0 Å². The van der Waals surface area contributed by atoms with Gasteiger partial charge in [0.15, 0.2) is 0 Å². The first kappa shape index (κ1) is 13.3. The van der Waals surface area contributed by atoms with Gasteiger partial charge in [0.05, 0.1) is 0 Å². The van der Waals surface area contributed by atoms with Gasteiger partial charge in [0, 0.05) is 11.3 Å². The lowest BCUT2D eigenvalue weighted by Crippen LogP contribution is -2.58. The second kappa shape index (κ2) is 4.11. The molecule has 0 aliphatic heterocycles. The highest BCUT2D eigenvalue weighted by atomic mass is 16.1. The van der Waals surface area contributed by atoms with E-state index in [-0.39, 0.29) is 5.41 Å². The van der Waals surface area contributed by atoms with Crippen LogP contribution in [0.15, 0.2) is 0 Å². The molecule has 5 fully saturated rings. The summed E-state index contributed by atoms with van der Waals surface area (Å²) in [6.45, 7) is 4.97. The largest absolute Gasteiger partial charge is 0.299 e. The summed E-state index contributed by atoms with van der Waals surface area (Å²) in [7, 11) is 0. The van der Waals surface area contributed by atoms with E-state index in [1.807, 2.05) is 0 Å². The van der Waals surface area contributed by atoms with Crippen LogP contribution in [-0.2, 0) is 4.79 Å². The molecule has 20 heavy (non-hydrogen) atoms. The van der Waals surface area contributed by atoms with Gasteiger partial charge in [-0.25, -0.2) is 0 Å². The Morgan fingerprint density at radius 1 is 0.850 bits per heavy atom. The SMILES string of the molecule is CC12CC3CC(C)(C1)CC(C(=O)C1CCCCC1)(C3)C2. The lowest BCUT2D eigenvalue weighted by Gasteiger charge is -2.65. The Bertz CT molecular complexity index is 413. The summed E-state index contributed by atoms with van der Waals surface area (Å²) in [5, 5.41) is 0. The molecule has 5 aliphatic rings. The molecule has 5 rings (SSSR count). The van der Waals surface area contributed by atoms with E-state index in [1.54, 1.807) is 0 Å². The minimum absolute atomic E-state index is 0.102. The van der Waals surface area contributed by atoms with Crippen LogP contribution in [0.1, 0.15) is 84.5 Å². The molecule has 0 saturated heterocycles. The molecule has 5 saturated carbocycles. The van der Waals surface area contributed by atoms with Crippen LogP contribution in [0.5, 0.6) is 0 Å². The fourth-order valence-electron chi connectivity index (χ4n) is 7.52. The number of hydrogen-bond donors (Lipinski definition) is 0. The smallest absolute Gasteiger partial charge is 0.142 e. The fourth-order valence-corrected chi connectivity index (χ4v) is 7.52. The topological polar surface area (TPSA) is 17.1 Å². The van der Waals surface area contributed by atoms with Crippen molar-refractivity contribution in [2.24, 2.45) is 28.1 Å². The molecule has 0 aromatic carbocycles. The van der Waals surface area contributed by atoms with Gasteiger partial charge in [0.25, 0.3) is 0 Å². The Labute approximate surface area is 123 Å². The molecule has 0 spiro atoms. The maximum atomic E-state index is 13.3. The molecule has 0 heterocycles. The summed E-state index contributed by atoms with van der Waals surface area (Å²) in [5.41, 5.74) is 1.07. The number of carbonyl (C=O) groups is 1. The molecular weight excluding hydrogens is 244 g/mol. The van der Waals surface area contributed by atoms with E-state index in [0.29, 0.717) is 22.5 Å². The third kappa shape index (κ3) is 1.91. The van der Waals surface area contributed by atoms with Crippen molar-refractivity contribution in [1.29, 1.82) is 0 Å². The average molecular weight is 274 g/mol. The highest BCUT2D eigenvalue weighted by molar-refractivity contribution is 5.87. The van der Waals surface area contributed by atoms with Crippen LogP contribution in [0.3, 0.4) is 0 Å². The van der Waals surface area contributed by atoms with Crippen molar-refractivity contribution >= 4 is 5.78 Å². The van der Waals surface area contributed by atoms with Crippen molar-refractivity contribution in [3.05, 3.63) is 0 Å². The maximum Gasteiger partial charge on any atom is 0.142 e. The van der Waals surface area contributed by atoms with Gasteiger partial charge in [-0.3, -0.25) is 4.79 Å². The summed E-state index contributed by atoms with van der Waals surface area (Å²) >= 11 is 0. The maximum absolute atomic E-state index is 13.3. The van der Waals surface area contributed by atoms with E-state index in [9.17, 15) is 4.79 Å². The van der Waals surface area contributed by atoms with Crippen molar-refractivity contribution in [1.82, 2.24) is 0 Å². The number of Topliss-reactive ketones (excluding diaryl/α,β-unsaturated/α-hetero) is 1. The summed E-state index contributed by atoms with van der Waals surface area (Å²) < 4.78 is 0. The van der Waals surface area contributed by atoms with E-state index in [0.717, 1.165) is 5.92 Å². The fraction of sp³-hybridized carbons (Fsp3) is 0.947. The van der Waals surface area contributed by atoms with E-state index in [2.05, 4.69) is 13.8 Å². The Morgan fingerprint density at radius 2 is 1.45 bits per heavy atom. The molecule has 2 unspecified atom stereocenters. The van der Waals surface area contributed by atoms with Gasteiger partial charge in [-0.2, -0.15) is 0 Å². The first-order chi connectivity index (χ1) is 9.42. The molecule has 0 radical (unpaired) electrons. The standard InChI is InChI=1S/C19H30O/c1-17-8-14-9-18(2,11-17)13-19(10-14,12-17)16(20)15-6-4-3-5-7-15/h14-15H,3-13H2,1-2H3. The molecule has 1 nitrogen and oxygen atoms in total. The number of rotatable bonds is 2. The van der Waals surface area contributed by atoms with Crippen molar-refractivity contribution in [3.8, 4) is 0 Å². The van der Waals surface area contributed by atoms with Gasteiger partial charge < -0.3 is 0 Å². The lowest BCUT2D eigenvalue weighted by molar-refractivity contribution is -0.172. The van der Waals surface area contributed by atoms with Crippen molar-refractivity contribution in [3.63, 3.8) is 0 Å². The normalized spacial score (nSPS) is 51.4. The Hall–Kier alpha value is -0.330. The van der Waals surface area contributed by atoms with Crippen molar-refractivity contribution in [2.75, 3.05) is 0 Å². The third-order valence-corrected chi connectivity index (χ3v) is 7.12. The van der Waals surface area contributed by atoms with Gasteiger partial charge in [-0.1, -0.05) is 33.1 Å². The molecule has 0 N–H and O–H groups in total. The summed E-state index contributed by atoms with van der Waals surface area (Å²) in [6, 6.07) is 0. The number of hydrogen-bond acceptors (Lipinski definition) is 1. The van der Waals surface area contributed by atoms with Gasteiger partial charge in [-0.15, -0.1) is 0 Å². The molecule has 2 atom stereocenters. The molecule has 112 valence electrons. The van der Waals surface area contributed by atoms with Crippen molar-refractivity contribution < 1.29 is 4.79 Å². The summed E-state index contributed by atoms with van der Waals surface area (Å²) in [4.78, 5) is 13.3. The van der Waals surface area contributed by atoms with Crippen LogP contribution in [0.2, 0.25) is 0 Å². The zero-order chi connectivity index (χ0) is 14.0. The number of carbonyl (C=O) groups excluding carboxylic acids is 1. The predicted molar refractivity (Wildman–Crippen MR) is 81.4 cm³/mol. The molecule has 5 aliphatic carbocycles. The average Bonchev–Trinajstić information content (AvgIpc) is 2.34. The van der Waals surface area contributed by atoms with Gasteiger partial charge >= 0.3 is 0 Å². The first-order valence-electron chi connectivity index (χ1n) is 8.97. The number of ketones is 1. The first-order valence-corrected chi connectivity index (χ1v) is 8.97. The van der Waals surface area contributed by atoms with Crippen LogP contribution in [0.25, 0.3) is 0 Å². The third-order valence-electron chi connectivity index (χ3n) is 7.12. The molecule has 0 aromatic rings. The zero-order valence-electron chi connectivity index (χ0n) is 13.3. The Morgan fingerprint density at radius 3 is 2.00 bits per heavy atom. The predicted octanol–water partition coefficient (Wildman–Crippen LogP) is 5.13. The van der Waals surface area contributed by atoms with Crippen LogP contribution in [0, 0.1) is 28.1 Å². The summed E-state index contributed by atoms with van der Waals surface area (Å²) in [5.74, 6) is 1.99. The van der Waals surface area contributed by atoms with Crippen molar-refractivity contribution in [2.45, 2.75) is 84.5 Å². The Balaban J connectivity index is 1.64. The zero-order valence-corrected chi connectivity index (χ0v) is 13.3. The van der Waals surface area contributed by atoms with E-state index < -0.39 is 0 Å². The second-order valence-corrected chi connectivity index (χ2v) is 9.61. The lowest BCUT2D eigenvalue weighted by atomic mass is 9.39. The van der Waals surface area contributed by atoms with Gasteiger partial charge in [0.1, 0.15) is 5.78 Å². The van der Waals surface area contributed by atoms with Gasteiger partial charge in [0.2, 0.25) is 0 Å². The Kier molecular flexibility index (Phi) is 2.74. The van der Waals surface area contributed by atoms with Gasteiger partial charge in [-0.05, 0) is 68.1 Å². The van der Waals surface area contributed by atoms with Crippen LogP contribution < -0.4 is 0 Å². The molecular formula is C19H30O. The molecule has 0 amide bonds. The minimum Gasteiger partial charge on any atom is -0.299 e. The summed E-state index contributed by atoms with van der Waals surface area (Å²) in [6.07, 6.45) is 14.2. The molecule has 1 heteroatoms. The van der Waals surface area contributed by atoms with Crippen LogP contribution in [-0.4, -0.2) is 5.78 Å². The highest BCUT2D eigenvalue weighted by Gasteiger charge is 2.62.